The summed E-state index contributed by atoms with van der Waals surface area (Å²) in [6.45, 7) is 5.84. The summed E-state index contributed by atoms with van der Waals surface area (Å²) in [7, 11) is 0. The summed E-state index contributed by atoms with van der Waals surface area (Å²) in [4.78, 5) is 0. The maximum atomic E-state index is 6.60. The standard InChI is InChI=1S/C43H34O2/c1-3-5-7-8-9-10-11-12-13-14-21-26-35-37-30-38-39-29-34(32-22-17-15-18-23-32)28-36(33-24-19-16-20-25-33)43(39)45-42(38)31-41(37)44-40(35)27-6-4-2/h3-31H,2H2,1H3/b5-3+,8-7+,10-9-,12-11-,14-13+,26-21+,27-6-. The van der Waals surface area contributed by atoms with Gasteiger partial charge in [0, 0.05) is 33.4 Å². The highest BCUT2D eigenvalue weighted by atomic mass is 16.3. The normalized spacial score (nSPS) is 12.9. The Morgan fingerprint density at radius 3 is 1.80 bits per heavy atom. The molecule has 0 spiro atoms. The Kier molecular flexibility index (Phi) is 9.14. The molecule has 0 amide bonds. The molecule has 0 saturated carbocycles. The minimum absolute atomic E-state index is 0.771. The van der Waals surface area contributed by atoms with Crippen LogP contribution < -0.4 is 0 Å². The third-order valence-corrected chi connectivity index (χ3v) is 7.48. The summed E-state index contributed by atoms with van der Waals surface area (Å²) in [5, 5.41) is 3.15. The predicted molar refractivity (Wildman–Crippen MR) is 194 cm³/mol. The highest BCUT2D eigenvalue weighted by molar-refractivity contribution is 6.15. The molecule has 2 aromatic heterocycles. The maximum Gasteiger partial charge on any atom is 0.143 e. The van der Waals surface area contributed by atoms with Crippen molar-refractivity contribution in [2.75, 3.05) is 0 Å². The van der Waals surface area contributed by atoms with Gasteiger partial charge in [-0.1, -0.05) is 152 Å². The van der Waals surface area contributed by atoms with Gasteiger partial charge in [-0.2, -0.15) is 0 Å². The minimum Gasteiger partial charge on any atom is -0.456 e. The molecule has 0 fully saturated rings. The fraction of sp³-hybridized carbons (Fsp3) is 0.0233. The van der Waals surface area contributed by atoms with Gasteiger partial charge in [0.05, 0.1) is 0 Å². The van der Waals surface area contributed by atoms with E-state index in [1.807, 2.05) is 104 Å². The molecule has 6 aromatic rings. The van der Waals surface area contributed by atoms with Crippen LogP contribution in [0.2, 0.25) is 0 Å². The lowest BCUT2D eigenvalue weighted by atomic mass is 9.95. The zero-order chi connectivity index (χ0) is 30.8. The summed E-state index contributed by atoms with van der Waals surface area (Å²) in [6, 6.07) is 29.6. The third-order valence-electron chi connectivity index (χ3n) is 7.48. The Hall–Kier alpha value is -5.86. The van der Waals surface area contributed by atoms with Gasteiger partial charge in [0.25, 0.3) is 0 Å². The summed E-state index contributed by atoms with van der Waals surface area (Å²) in [5.41, 5.74) is 7.93. The van der Waals surface area contributed by atoms with Crippen LogP contribution in [-0.2, 0) is 0 Å². The van der Waals surface area contributed by atoms with Crippen LogP contribution in [0.5, 0.6) is 0 Å². The van der Waals surface area contributed by atoms with E-state index >= 15 is 0 Å². The molecule has 218 valence electrons. The zero-order valence-electron chi connectivity index (χ0n) is 25.3. The van der Waals surface area contributed by atoms with E-state index in [2.05, 4.69) is 79.4 Å². The van der Waals surface area contributed by atoms with Gasteiger partial charge in [0.1, 0.15) is 22.5 Å². The first-order chi connectivity index (χ1) is 22.3. The molecule has 2 heteroatoms. The fourth-order valence-electron chi connectivity index (χ4n) is 5.36. The van der Waals surface area contributed by atoms with Crippen molar-refractivity contribution in [3.8, 4) is 22.3 Å². The van der Waals surface area contributed by atoms with Gasteiger partial charge >= 0.3 is 0 Å². The lowest BCUT2D eigenvalue weighted by Crippen LogP contribution is -1.83. The molecule has 0 aliphatic heterocycles. The molecule has 0 radical (unpaired) electrons. The molecule has 0 unspecified atom stereocenters. The molecule has 4 aromatic carbocycles. The zero-order valence-corrected chi connectivity index (χ0v) is 25.3. The molecule has 0 aliphatic carbocycles. The van der Waals surface area contributed by atoms with E-state index < -0.39 is 0 Å². The topological polar surface area (TPSA) is 26.3 Å². The Bertz CT molecular complexity index is 2160. The molecule has 0 bridgehead atoms. The fourth-order valence-corrected chi connectivity index (χ4v) is 5.36. The number of benzene rings is 4. The van der Waals surface area contributed by atoms with Crippen molar-refractivity contribution in [1.82, 2.24) is 0 Å². The predicted octanol–water partition coefficient (Wildman–Crippen LogP) is 12.7. The van der Waals surface area contributed by atoms with E-state index in [1.165, 1.54) is 0 Å². The van der Waals surface area contributed by atoms with Crippen molar-refractivity contribution in [2.45, 2.75) is 6.92 Å². The van der Waals surface area contributed by atoms with E-state index in [0.29, 0.717) is 0 Å². The first kappa shape index (κ1) is 29.2. The molecule has 0 saturated heterocycles. The molecule has 2 nitrogen and oxygen atoms in total. The first-order valence-electron chi connectivity index (χ1n) is 15.1. The van der Waals surface area contributed by atoms with Crippen LogP contribution in [-0.4, -0.2) is 0 Å². The van der Waals surface area contributed by atoms with Crippen LogP contribution in [0.4, 0.5) is 0 Å². The second-order valence-corrected chi connectivity index (χ2v) is 10.5. The highest BCUT2D eigenvalue weighted by Gasteiger charge is 2.18. The highest BCUT2D eigenvalue weighted by Crippen LogP contribution is 2.42. The van der Waals surface area contributed by atoms with Crippen LogP contribution in [0.1, 0.15) is 18.2 Å². The second-order valence-electron chi connectivity index (χ2n) is 10.5. The van der Waals surface area contributed by atoms with Gasteiger partial charge in [-0.25, -0.2) is 0 Å². The summed E-state index contributed by atoms with van der Waals surface area (Å²) < 4.78 is 13.0. The molecular formula is C43H34O2. The van der Waals surface area contributed by atoms with E-state index in [4.69, 9.17) is 8.83 Å². The molecular weight excluding hydrogens is 548 g/mol. The van der Waals surface area contributed by atoms with E-state index in [-0.39, 0.29) is 0 Å². The third kappa shape index (κ3) is 6.56. The first-order valence-corrected chi connectivity index (χ1v) is 15.1. The van der Waals surface area contributed by atoms with Crippen LogP contribution in [0.15, 0.2) is 179 Å². The van der Waals surface area contributed by atoms with Gasteiger partial charge in [-0.05, 0) is 47.9 Å². The number of hydrogen-bond acceptors (Lipinski definition) is 2. The number of allylic oxidation sites excluding steroid dienone is 13. The maximum absolute atomic E-state index is 6.60. The molecule has 0 aliphatic rings. The molecule has 45 heavy (non-hydrogen) atoms. The Morgan fingerprint density at radius 1 is 0.511 bits per heavy atom. The van der Waals surface area contributed by atoms with Crippen LogP contribution in [0, 0.1) is 0 Å². The van der Waals surface area contributed by atoms with Crippen LogP contribution in [0.3, 0.4) is 0 Å². The van der Waals surface area contributed by atoms with Gasteiger partial charge in [-0.3, -0.25) is 0 Å². The van der Waals surface area contributed by atoms with E-state index in [1.54, 1.807) is 6.08 Å². The Labute approximate surface area is 264 Å². The van der Waals surface area contributed by atoms with E-state index in [9.17, 15) is 0 Å². The average Bonchev–Trinajstić information content (AvgIpc) is 3.62. The monoisotopic (exact) mass is 582 g/mol. The van der Waals surface area contributed by atoms with Crippen molar-refractivity contribution in [1.29, 1.82) is 0 Å². The van der Waals surface area contributed by atoms with Gasteiger partial charge in [0.2, 0.25) is 0 Å². The van der Waals surface area contributed by atoms with Gasteiger partial charge in [0.15, 0.2) is 0 Å². The van der Waals surface area contributed by atoms with E-state index in [0.717, 1.165) is 66.5 Å². The number of furan rings is 2. The molecule has 6 rings (SSSR count). The minimum atomic E-state index is 0.771. The number of fused-ring (bicyclic) bond motifs is 4. The smallest absolute Gasteiger partial charge is 0.143 e. The summed E-state index contributed by atoms with van der Waals surface area (Å²) >= 11 is 0. The largest absolute Gasteiger partial charge is 0.456 e. The van der Waals surface area contributed by atoms with Gasteiger partial charge in [-0.15, -0.1) is 0 Å². The Morgan fingerprint density at radius 2 is 1.13 bits per heavy atom. The average molecular weight is 583 g/mol. The number of rotatable bonds is 10. The Balaban J connectivity index is 1.45. The van der Waals surface area contributed by atoms with Gasteiger partial charge < -0.3 is 8.83 Å². The van der Waals surface area contributed by atoms with Crippen LogP contribution >= 0.6 is 0 Å². The summed E-state index contributed by atoms with van der Waals surface area (Å²) in [5.74, 6) is 0.771. The summed E-state index contributed by atoms with van der Waals surface area (Å²) in [6.07, 6.45) is 29.8. The SMILES string of the molecule is C=C/C=C\c1oc2cc3oc4c(-c5ccccc5)cc(-c5ccccc5)cc4c3cc2c1/C=C/C=C/C=C\C=C/C=C/C=C/C. The number of hydrogen-bond donors (Lipinski definition) is 0. The van der Waals surface area contributed by atoms with Crippen LogP contribution in [0.25, 0.3) is 67.3 Å². The molecule has 0 atom stereocenters. The van der Waals surface area contributed by atoms with Crippen molar-refractivity contribution in [3.63, 3.8) is 0 Å². The lowest BCUT2D eigenvalue weighted by molar-refractivity contribution is 0.602. The van der Waals surface area contributed by atoms with Crippen molar-refractivity contribution in [2.24, 2.45) is 0 Å². The molecule has 0 N–H and O–H groups in total. The molecule has 2 heterocycles. The van der Waals surface area contributed by atoms with Crippen molar-refractivity contribution >= 4 is 45.1 Å². The lowest BCUT2D eigenvalue weighted by Gasteiger charge is -2.08. The van der Waals surface area contributed by atoms with Crippen molar-refractivity contribution < 1.29 is 8.83 Å². The second kappa shape index (κ2) is 14.1. The quantitative estimate of drug-likeness (QED) is 0.150. The van der Waals surface area contributed by atoms with Crippen molar-refractivity contribution in [3.05, 3.63) is 182 Å².